The molecule has 1 aromatic heterocycles. The summed E-state index contributed by atoms with van der Waals surface area (Å²) in [6.45, 7) is 1.28. The maximum atomic E-state index is 13.6. The number of aliphatic hydroxyl groups excluding tert-OH is 3. The number of halogens is 5. The third-order valence-electron chi connectivity index (χ3n) is 6.86. The third kappa shape index (κ3) is 13.8. The molecule has 1 aliphatic heterocycles. The summed E-state index contributed by atoms with van der Waals surface area (Å²) in [5.74, 6) is -14.3. The van der Waals surface area contributed by atoms with Gasteiger partial charge in [-0.1, -0.05) is 5.21 Å². The van der Waals surface area contributed by atoms with E-state index in [2.05, 4.69) is 19.8 Å². The SMILES string of the molecule is CS(=O)(=O)NC[C@H]1O[C@H](OCCc2cn(CCOCCOCCOCCOCCC(=O)Oc3c(F)c(F)c(F)c(F)c3F)nn2)[C@@H](O)[C@@H](O)[C@@H]1O. The number of carbonyl (C=O) groups excluding carboxylic acids is 1. The number of carbonyl (C=O) groups is 1. The average molecular weight is 767 g/mol. The van der Waals surface area contributed by atoms with Gasteiger partial charge in [0.1, 0.15) is 24.4 Å². The van der Waals surface area contributed by atoms with Gasteiger partial charge < -0.3 is 48.5 Å². The van der Waals surface area contributed by atoms with Gasteiger partial charge in [-0.25, -0.2) is 31.0 Å². The van der Waals surface area contributed by atoms with Crippen molar-refractivity contribution in [1.82, 2.24) is 19.7 Å². The van der Waals surface area contributed by atoms with Crippen LogP contribution in [0.25, 0.3) is 0 Å². The highest BCUT2D eigenvalue weighted by Crippen LogP contribution is 2.29. The van der Waals surface area contributed by atoms with Crippen LogP contribution in [0.15, 0.2) is 6.20 Å². The number of benzene rings is 1. The fourth-order valence-electron chi connectivity index (χ4n) is 4.21. The Bertz CT molecular complexity index is 1480. The zero-order valence-electron chi connectivity index (χ0n) is 27.2. The molecule has 0 radical (unpaired) electrons. The molecule has 2 heterocycles. The molecule has 0 unspecified atom stereocenters. The Morgan fingerprint density at radius 3 is 1.96 bits per heavy atom. The van der Waals surface area contributed by atoms with E-state index < -0.39 is 88.0 Å². The normalized spacial score (nSPS) is 20.9. The number of aromatic nitrogens is 3. The van der Waals surface area contributed by atoms with Crippen LogP contribution in [0.2, 0.25) is 0 Å². The Balaban J connectivity index is 1.16. The van der Waals surface area contributed by atoms with Crippen molar-refractivity contribution in [2.45, 2.75) is 50.1 Å². The molecular weight excluding hydrogens is 727 g/mol. The van der Waals surface area contributed by atoms with Gasteiger partial charge in [0, 0.05) is 19.2 Å². The number of rotatable bonds is 23. The average Bonchev–Trinajstić information content (AvgIpc) is 3.55. The third-order valence-corrected chi connectivity index (χ3v) is 7.55. The number of nitrogens with one attached hydrogen (secondary N) is 1. The lowest BCUT2D eigenvalue weighted by Crippen LogP contribution is -2.60. The minimum atomic E-state index is -3.58. The van der Waals surface area contributed by atoms with Gasteiger partial charge in [0.2, 0.25) is 44.9 Å². The van der Waals surface area contributed by atoms with E-state index in [0.717, 1.165) is 6.26 Å². The fourth-order valence-corrected chi connectivity index (χ4v) is 4.68. The summed E-state index contributed by atoms with van der Waals surface area (Å²) in [5.41, 5.74) is 0.554. The first kappa shape index (κ1) is 42.4. The number of aliphatic hydroxyl groups is 3. The summed E-state index contributed by atoms with van der Waals surface area (Å²) < 4.78 is 129. The highest BCUT2D eigenvalue weighted by Gasteiger charge is 2.44. The first-order chi connectivity index (χ1) is 24.2. The number of sulfonamides is 1. The standard InChI is InChI=1S/C28H39F5N4O13S/c1-51(42,43)34-14-17-24(39)25(40)26(41)28(49-17)48-6-2-16-15-37(36-35-16)4-7-45-9-11-47-13-12-46-10-8-44-5-3-18(38)50-27-22(32)20(30)19(29)21(31)23(27)33/h15,17,24-26,28,34,39-41H,2-14H2,1H3/t17-,24-,25+,26+,28+/m1/s1. The van der Waals surface area contributed by atoms with Gasteiger partial charge in [0.05, 0.1) is 84.4 Å². The summed E-state index contributed by atoms with van der Waals surface area (Å²) in [7, 11) is -3.58. The van der Waals surface area contributed by atoms with Crippen LogP contribution >= 0.6 is 0 Å². The van der Waals surface area contributed by atoms with Gasteiger partial charge >= 0.3 is 5.97 Å². The van der Waals surface area contributed by atoms with Crippen LogP contribution in [0, 0.1) is 29.1 Å². The molecule has 290 valence electrons. The van der Waals surface area contributed by atoms with E-state index >= 15 is 0 Å². The van der Waals surface area contributed by atoms with E-state index in [1.165, 1.54) is 0 Å². The molecule has 0 spiro atoms. The molecule has 4 N–H and O–H groups in total. The van der Waals surface area contributed by atoms with Crippen LogP contribution in [0.1, 0.15) is 12.1 Å². The van der Waals surface area contributed by atoms with Crippen molar-refractivity contribution in [2.24, 2.45) is 0 Å². The second kappa shape index (κ2) is 20.9. The summed E-state index contributed by atoms with van der Waals surface area (Å²) in [6, 6.07) is 0. The van der Waals surface area contributed by atoms with E-state index in [9.17, 15) is 50.5 Å². The van der Waals surface area contributed by atoms with Crippen LogP contribution in [0.5, 0.6) is 5.75 Å². The van der Waals surface area contributed by atoms with Gasteiger partial charge in [0.15, 0.2) is 6.29 Å². The quantitative estimate of drug-likeness (QED) is 0.0265. The van der Waals surface area contributed by atoms with Crippen molar-refractivity contribution < 1.29 is 83.6 Å². The molecule has 0 amide bonds. The molecule has 5 atom stereocenters. The van der Waals surface area contributed by atoms with Crippen LogP contribution < -0.4 is 9.46 Å². The highest BCUT2D eigenvalue weighted by molar-refractivity contribution is 7.88. The van der Waals surface area contributed by atoms with Gasteiger partial charge in [-0.3, -0.25) is 4.79 Å². The number of ether oxygens (including phenoxy) is 7. The predicted molar refractivity (Wildman–Crippen MR) is 159 cm³/mol. The van der Waals surface area contributed by atoms with Crippen molar-refractivity contribution in [3.8, 4) is 5.75 Å². The number of hydrogen-bond acceptors (Lipinski definition) is 15. The summed E-state index contributed by atoms with van der Waals surface area (Å²) in [6.07, 6.45) is -4.85. The summed E-state index contributed by atoms with van der Waals surface area (Å²) in [4.78, 5) is 11.7. The first-order valence-electron chi connectivity index (χ1n) is 15.4. The molecule has 17 nitrogen and oxygen atoms in total. The highest BCUT2D eigenvalue weighted by atomic mass is 32.2. The number of hydrogen-bond donors (Lipinski definition) is 4. The van der Waals surface area contributed by atoms with Crippen molar-refractivity contribution in [2.75, 3.05) is 72.3 Å². The Morgan fingerprint density at radius 1 is 0.824 bits per heavy atom. The molecule has 1 saturated heterocycles. The van der Waals surface area contributed by atoms with E-state index in [-0.39, 0.29) is 65.8 Å². The zero-order chi connectivity index (χ0) is 37.6. The Labute approximate surface area is 288 Å². The molecule has 1 aromatic carbocycles. The van der Waals surface area contributed by atoms with Crippen LogP contribution in [0.4, 0.5) is 22.0 Å². The Morgan fingerprint density at radius 2 is 1.37 bits per heavy atom. The first-order valence-corrected chi connectivity index (χ1v) is 17.3. The minimum Gasteiger partial charge on any atom is -0.420 e. The maximum absolute atomic E-state index is 13.6. The molecule has 2 aromatic rings. The monoisotopic (exact) mass is 766 g/mol. The fraction of sp³-hybridized carbons (Fsp3) is 0.679. The van der Waals surface area contributed by atoms with Gasteiger partial charge in [-0.2, -0.15) is 8.78 Å². The number of esters is 1. The van der Waals surface area contributed by atoms with Crippen LogP contribution in [-0.2, 0) is 56.2 Å². The summed E-state index contributed by atoms with van der Waals surface area (Å²) in [5, 5.41) is 38.3. The predicted octanol–water partition coefficient (Wildman–Crippen LogP) is -1.05. The lowest BCUT2D eigenvalue weighted by Gasteiger charge is -2.40. The largest absolute Gasteiger partial charge is 0.420 e. The minimum absolute atomic E-state index is 0.0111. The Kier molecular flexibility index (Phi) is 17.4. The van der Waals surface area contributed by atoms with E-state index in [1.807, 2.05) is 0 Å². The van der Waals surface area contributed by atoms with Gasteiger partial charge in [0.25, 0.3) is 0 Å². The molecule has 1 fully saturated rings. The molecule has 1 aliphatic rings. The maximum Gasteiger partial charge on any atom is 0.313 e. The van der Waals surface area contributed by atoms with Crippen LogP contribution in [0.3, 0.4) is 0 Å². The second-order valence-electron chi connectivity index (χ2n) is 10.8. The van der Waals surface area contributed by atoms with Gasteiger partial charge in [-0.15, -0.1) is 5.10 Å². The van der Waals surface area contributed by atoms with Crippen molar-refractivity contribution in [3.63, 3.8) is 0 Å². The molecule has 0 bridgehead atoms. The van der Waals surface area contributed by atoms with Gasteiger partial charge in [-0.05, 0) is 0 Å². The summed E-state index contributed by atoms with van der Waals surface area (Å²) >= 11 is 0. The molecule has 0 saturated carbocycles. The topological polar surface area (TPSA) is 219 Å². The molecule has 51 heavy (non-hydrogen) atoms. The lowest BCUT2D eigenvalue weighted by molar-refractivity contribution is -0.294. The smallest absolute Gasteiger partial charge is 0.313 e. The second-order valence-corrected chi connectivity index (χ2v) is 12.6. The van der Waals surface area contributed by atoms with E-state index in [1.54, 1.807) is 10.9 Å². The van der Waals surface area contributed by atoms with Crippen molar-refractivity contribution in [1.29, 1.82) is 0 Å². The van der Waals surface area contributed by atoms with Crippen molar-refractivity contribution in [3.05, 3.63) is 41.0 Å². The van der Waals surface area contributed by atoms with Crippen molar-refractivity contribution >= 4 is 16.0 Å². The number of nitrogens with zero attached hydrogens (tertiary/aromatic N) is 3. The zero-order valence-corrected chi connectivity index (χ0v) is 28.0. The molecule has 3 rings (SSSR count). The Hall–Kier alpha value is -2.97. The molecule has 0 aliphatic carbocycles. The lowest BCUT2D eigenvalue weighted by atomic mass is 9.99. The van der Waals surface area contributed by atoms with E-state index in [4.69, 9.17) is 28.4 Å². The molecular formula is C28H39F5N4O13S. The molecule has 23 heteroatoms. The van der Waals surface area contributed by atoms with Crippen LogP contribution in [-0.4, -0.2) is 148 Å². The van der Waals surface area contributed by atoms with E-state index in [0.29, 0.717) is 18.8 Å².